The van der Waals surface area contributed by atoms with Gasteiger partial charge in [0.25, 0.3) is 0 Å². The van der Waals surface area contributed by atoms with Crippen molar-refractivity contribution < 1.29 is 9.47 Å². The van der Waals surface area contributed by atoms with Gasteiger partial charge in [0.2, 0.25) is 0 Å². The third-order valence-corrected chi connectivity index (χ3v) is 6.09. The fraction of sp³-hybridized carbons (Fsp3) is 0.0625. The molecular weight excluding hydrogens is 430 g/mol. The maximum absolute atomic E-state index is 5.35. The van der Waals surface area contributed by atoms with Gasteiger partial charge in [0, 0.05) is 17.1 Å². The lowest BCUT2D eigenvalue weighted by Crippen LogP contribution is -2.09. The van der Waals surface area contributed by atoms with E-state index in [2.05, 4.69) is 108 Å². The molecule has 0 aliphatic rings. The van der Waals surface area contributed by atoms with Gasteiger partial charge in [-0.15, -0.1) is 0 Å². The molecule has 0 aromatic heterocycles. The van der Waals surface area contributed by atoms with Crippen LogP contribution in [0.15, 0.2) is 115 Å². The second-order valence-corrected chi connectivity index (χ2v) is 8.22. The molecule has 3 heteroatoms. The van der Waals surface area contributed by atoms with Crippen LogP contribution in [-0.2, 0) is 0 Å². The number of hydrogen-bond donors (Lipinski definition) is 0. The molecule has 0 unspecified atom stereocenters. The van der Waals surface area contributed by atoms with Crippen molar-refractivity contribution in [1.82, 2.24) is 0 Å². The molecule has 0 amide bonds. The lowest BCUT2D eigenvalue weighted by Gasteiger charge is -2.26. The van der Waals surface area contributed by atoms with Crippen molar-refractivity contribution >= 4 is 40.0 Å². The first kappa shape index (κ1) is 22.3. The van der Waals surface area contributed by atoms with Gasteiger partial charge in [-0.05, 0) is 82.6 Å². The van der Waals surface area contributed by atoms with Crippen LogP contribution in [0, 0.1) is 0 Å². The molecule has 0 atom stereocenters. The van der Waals surface area contributed by atoms with Crippen molar-refractivity contribution in [3.63, 3.8) is 0 Å². The Morgan fingerprint density at radius 2 is 1.03 bits per heavy atom. The smallest absolute Gasteiger partial charge is 0.119 e. The first-order chi connectivity index (χ1) is 17.2. The van der Waals surface area contributed by atoms with Gasteiger partial charge in [-0.25, -0.2) is 0 Å². The highest BCUT2D eigenvalue weighted by Gasteiger charge is 2.13. The second kappa shape index (κ2) is 10.2. The Bertz CT molecular complexity index is 1380. The predicted octanol–water partition coefficient (Wildman–Crippen LogP) is 8.50. The van der Waals surface area contributed by atoms with Crippen molar-refractivity contribution in [2.75, 3.05) is 19.1 Å². The predicted molar refractivity (Wildman–Crippen MR) is 147 cm³/mol. The number of anilines is 3. The van der Waals surface area contributed by atoms with Gasteiger partial charge < -0.3 is 14.4 Å². The normalized spacial score (nSPS) is 11.0. The summed E-state index contributed by atoms with van der Waals surface area (Å²) in [5.74, 6) is 1.66. The molecular formula is C32H27NO2. The molecule has 172 valence electrons. The average molecular weight is 458 g/mol. The van der Waals surface area contributed by atoms with Crippen molar-refractivity contribution in [1.29, 1.82) is 0 Å². The molecule has 5 aromatic rings. The van der Waals surface area contributed by atoms with Crippen LogP contribution >= 0.6 is 0 Å². The van der Waals surface area contributed by atoms with E-state index in [4.69, 9.17) is 9.47 Å². The molecule has 0 spiro atoms. The van der Waals surface area contributed by atoms with Gasteiger partial charge in [-0.3, -0.25) is 0 Å². The average Bonchev–Trinajstić information content (AvgIpc) is 2.93. The number of hydrogen-bond acceptors (Lipinski definition) is 3. The van der Waals surface area contributed by atoms with Crippen molar-refractivity contribution in [2.24, 2.45) is 0 Å². The van der Waals surface area contributed by atoms with E-state index in [-0.39, 0.29) is 0 Å². The summed E-state index contributed by atoms with van der Waals surface area (Å²) >= 11 is 0. The lowest BCUT2D eigenvalue weighted by molar-refractivity contribution is 0.415. The Morgan fingerprint density at radius 3 is 1.60 bits per heavy atom. The van der Waals surface area contributed by atoms with Gasteiger partial charge in [-0.2, -0.15) is 0 Å². The SMILES string of the molecule is COc1ccc(N(c2ccc(/C=C\c3cccc4ccccc34)cc2)c2ccc(OC)cc2)cc1. The Hall–Kier alpha value is -4.50. The molecule has 0 aliphatic carbocycles. The van der Waals surface area contributed by atoms with Crippen LogP contribution in [0.4, 0.5) is 17.1 Å². The van der Waals surface area contributed by atoms with Gasteiger partial charge >= 0.3 is 0 Å². The van der Waals surface area contributed by atoms with Crippen LogP contribution in [0.25, 0.3) is 22.9 Å². The molecule has 0 radical (unpaired) electrons. The Morgan fingerprint density at radius 1 is 0.514 bits per heavy atom. The summed E-state index contributed by atoms with van der Waals surface area (Å²) in [6.07, 6.45) is 4.35. The summed E-state index contributed by atoms with van der Waals surface area (Å²) in [6.45, 7) is 0. The summed E-state index contributed by atoms with van der Waals surface area (Å²) in [4.78, 5) is 2.22. The highest BCUT2D eigenvalue weighted by Crippen LogP contribution is 2.36. The number of benzene rings is 5. The summed E-state index contributed by atoms with van der Waals surface area (Å²) in [7, 11) is 3.36. The fourth-order valence-electron chi connectivity index (χ4n) is 4.23. The molecule has 0 heterocycles. The van der Waals surface area contributed by atoms with Crippen LogP contribution in [-0.4, -0.2) is 14.2 Å². The van der Waals surface area contributed by atoms with Gasteiger partial charge in [0.05, 0.1) is 14.2 Å². The van der Waals surface area contributed by atoms with Crippen molar-refractivity contribution in [2.45, 2.75) is 0 Å². The van der Waals surface area contributed by atoms with Gasteiger partial charge in [0.15, 0.2) is 0 Å². The highest BCUT2D eigenvalue weighted by molar-refractivity contribution is 5.93. The summed E-state index contributed by atoms with van der Waals surface area (Å²) < 4.78 is 10.7. The van der Waals surface area contributed by atoms with E-state index in [1.807, 2.05) is 24.3 Å². The minimum absolute atomic E-state index is 0.831. The summed E-state index contributed by atoms with van der Waals surface area (Å²) in [5, 5.41) is 2.51. The molecule has 35 heavy (non-hydrogen) atoms. The molecule has 0 fully saturated rings. The quantitative estimate of drug-likeness (QED) is 0.229. The molecule has 3 nitrogen and oxygen atoms in total. The first-order valence-corrected chi connectivity index (χ1v) is 11.6. The minimum atomic E-state index is 0.831. The van der Waals surface area contributed by atoms with Gasteiger partial charge in [-0.1, -0.05) is 66.7 Å². The third-order valence-electron chi connectivity index (χ3n) is 6.09. The molecule has 0 aliphatic heterocycles. The van der Waals surface area contributed by atoms with E-state index in [0.29, 0.717) is 0 Å². The monoisotopic (exact) mass is 457 g/mol. The molecule has 5 rings (SSSR count). The maximum atomic E-state index is 5.35. The van der Waals surface area contributed by atoms with E-state index in [1.165, 1.54) is 16.3 Å². The topological polar surface area (TPSA) is 21.7 Å². The van der Waals surface area contributed by atoms with Crippen molar-refractivity contribution in [3.8, 4) is 11.5 Å². The Labute approximate surface area is 206 Å². The van der Waals surface area contributed by atoms with Gasteiger partial charge in [0.1, 0.15) is 11.5 Å². The zero-order chi connectivity index (χ0) is 24.0. The zero-order valence-corrected chi connectivity index (χ0v) is 19.9. The van der Waals surface area contributed by atoms with E-state index in [0.717, 1.165) is 34.1 Å². The largest absolute Gasteiger partial charge is 0.497 e. The van der Waals surface area contributed by atoms with Crippen LogP contribution in [0.1, 0.15) is 11.1 Å². The number of fused-ring (bicyclic) bond motifs is 1. The van der Waals surface area contributed by atoms with Crippen LogP contribution < -0.4 is 14.4 Å². The van der Waals surface area contributed by atoms with Crippen LogP contribution in [0.2, 0.25) is 0 Å². The van der Waals surface area contributed by atoms with Crippen LogP contribution in [0.3, 0.4) is 0 Å². The fourth-order valence-corrected chi connectivity index (χ4v) is 4.23. The molecule has 0 N–H and O–H groups in total. The minimum Gasteiger partial charge on any atom is -0.497 e. The molecule has 0 bridgehead atoms. The third kappa shape index (κ3) is 4.90. The van der Waals surface area contributed by atoms with Crippen LogP contribution in [0.5, 0.6) is 11.5 Å². The lowest BCUT2D eigenvalue weighted by atomic mass is 10.0. The van der Waals surface area contributed by atoms with E-state index < -0.39 is 0 Å². The standard InChI is InChI=1S/C32H27NO2/c1-34-30-20-16-28(17-21-30)33(29-18-22-31(35-2)23-19-29)27-14-11-24(12-15-27)10-13-26-8-5-7-25-6-3-4-9-32(25)26/h3-23H,1-2H3/b13-10-. The second-order valence-electron chi connectivity index (χ2n) is 8.22. The Balaban J connectivity index is 1.46. The van der Waals surface area contributed by atoms with E-state index >= 15 is 0 Å². The number of rotatable bonds is 7. The van der Waals surface area contributed by atoms with E-state index in [9.17, 15) is 0 Å². The number of nitrogens with zero attached hydrogens (tertiary/aromatic N) is 1. The Kier molecular flexibility index (Phi) is 6.49. The number of ether oxygens (including phenoxy) is 2. The molecule has 5 aromatic carbocycles. The summed E-state index contributed by atoms with van der Waals surface area (Å²) in [6, 6.07) is 39.7. The molecule has 0 saturated carbocycles. The van der Waals surface area contributed by atoms with Crippen molar-refractivity contribution in [3.05, 3.63) is 126 Å². The highest BCUT2D eigenvalue weighted by atomic mass is 16.5. The van der Waals surface area contributed by atoms with E-state index in [1.54, 1.807) is 14.2 Å². The summed E-state index contributed by atoms with van der Waals surface area (Å²) in [5.41, 5.74) is 5.53. The maximum Gasteiger partial charge on any atom is 0.119 e. The first-order valence-electron chi connectivity index (χ1n) is 11.6. The zero-order valence-electron chi connectivity index (χ0n) is 19.9. The number of methoxy groups -OCH3 is 2. The molecule has 0 saturated heterocycles.